The lowest BCUT2D eigenvalue weighted by atomic mass is 10.1. The van der Waals surface area contributed by atoms with Crippen LogP contribution in [0.2, 0.25) is 0 Å². The van der Waals surface area contributed by atoms with E-state index in [1.807, 2.05) is 6.07 Å². The molecule has 3 rings (SSSR count). The average Bonchev–Trinajstić information content (AvgIpc) is 2.70. The van der Waals surface area contributed by atoms with Crippen molar-refractivity contribution in [3.8, 4) is 23.3 Å². The lowest BCUT2D eigenvalue weighted by molar-refractivity contribution is 0.0101. The highest BCUT2D eigenvalue weighted by Gasteiger charge is 2.33. The quantitative estimate of drug-likeness (QED) is 0.601. The SMILES string of the molecule is COc1ccc(Cn2cnc(C(C)(F)F)c(Oc3cc(C)cc(C#N)c3)c2=O)cc1. The van der Waals surface area contributed by atoms with E-state index in [0.717, 1.165) is 11.9 Å². The summed E-state index contributed by atoms with van der Waals surface area (Å²) in [6, 6.07) is 13.5. The van der Waals surface area contributed by atoms with Gasteiger partial charge in [-0.05, 0) is 48.4 Å². The molecule has 0 unspecified atom stereocenters. The Hall–Kier alpha value is -3.73. The highest BCUT2D eigenvalue weighted by molar-refractivity contribution is 5.43. The van der Waals surface area contributed by atoms with Crippen molar-refractivity contribution < 1.29 is 18.3 Å². The molecule has 0 saturated carbocycles. The van der Waals surface area contributed by atoms with Crippen LogP contribution in [0.1, 0.15) is 29.3 Å². The molecule has 0 radical (unpaired) electrons. The van der Waals surface area contributed by atoms with E-state index in [1.165, 1.54) is 10.6 Å². The Balaban J connectivity index is 2.05. The van der Waals surface area contributed by atoms with E-state index in [2.05, 4.69) is 4.98 Å². The van der Waals surface area contributed by atoms with Crippen LogP contribution in [0.3, 0.4) is 0 Å². The van der Waals surface area contributed by atoms with E-state index >= 15 is 0 Å². The predicted octanol–water partition coefficient (Wildman–Crippen LogP) is 4.38. The van der Waals surface area contributed by atoms with Gasteiger partial charge in [-0.3, -0.25) is 9.36 Å². The van der Waals surface area contributed by atoms with Crippen molar-refractivity contribution in [3.63, 3.8) is 0 Å². The lowest BCUT2D eigenvalue weighted by Gasteiger charge is -2.17. The summed E-state index contributed by atoms with van der Waals surface area (Å²) in [4.78, 5) is 16.8. The first-order chi connectivity index (χ1) is 14.2. The molecule has 1 heterocycles. The molecule has 0 aliphatic rings. The molecule has 0 aliphatic heterocycles. The number of nitrogens with zero attached hydrogens (tertiary/aromatic N) is 3. The monoisotopic (exact) mass is 411 g/mol. The average molecular weight is 411 g/mol. The van der Waals surface area contributed by atoms with Crippen LogP contribution in [0.25, 0.3) is 0 Å². The van der Waals surface area contributed by atoms with E-state index in [0.29, 0.717) is 18.2 Å². The second kappa shape index (κ2) is 8.33. The van der Waals surface area contributed by atoms with Gasteiger partial charge in [0.05, 0.1) is 31.6 Å². The molecule has 0 spiro atoms. The summed E-state index contributed by atoms with van der Waals surface area (Å²) in [6.45, 7) is 2.49. The standard InChI is InChI=1S/C22H19F2N3O3/c1-14-8-16(11-25)10-18(9-14)30-19-20(22(2,23)24)26-13-27(21(19)28)12-15-4-6-17(29-3)7-5-15/h4-10,13H,12H2,1-3H3. The smallest absolute Gasteiger partial charge is 0.297 e. The minimum atomic E-state index is -3.39. The van der Waals surface area contributed by atoms with Crippen LogP contribution < -0.4 is 15.0 Å². The molecular weight excluding hydrogens is 392 g/mol. The van der Waals surface area contributed by atoms with Crippen molar-refractivity contribution in [1.82, 2.24) is 9.55 Å². The molecule has 30 heavy (non-hydrogen) atoms. The number of aryl methyl sites for hydroxylation is 1. The summed E-state index contributed by atoms with van der Waals surface area (Å²) >= 11 is 0. The molecule has 6 nitrogen and oxygen atoms in total. The van der Waals surface area contributed by atoms with Gasteiger partial charge in [0.15, 0.2) is 5.69 Å². The Morgan fingerprint density at radius 3 is 2.47 bits per heavy atom. The third-order valence-electron chi connectivity index (χ3n) is 4.32. The minimum absolute atomic E-state index is 0.109. The number of methoxy groups -OCH3 is 1. The Bertz CT molecular complexity index is 1160. The van der Waals surface area contributed by atoms with Gasteiger partial charge in [0.1, 0.15) is 11.5 Å². The maximum Gasteiger partial charge on any atom is 0.297 e. The van der Waals surface area contributed by atoms with Gasteiger partial charge in [0.2, 0.25) is 5.75 Å². The molecule has 0 N–H and O–H groups in total. The van der Waals surface area contributed by atoms with Gasteiger partial charge >= 0.3 is 0 Å². The molecule has 0 saturated heterocycles. The summed E-state index contributed by atoms with van der Waals surface area (Å²) in [5, 5.41) is 9.12. The molecule has 0 aliphatic carbocycles. The van der Waals surface area contributed by atoms with Crippen molar-refractivity contribution in [2.24, 2.45) is 0 Å². The number of rotatable bonds is 6. The topological polar surface area (TPSA) is 77.1 Å². The van der Waals surface area contributed by atoms with E-state index < -0.39 is 22.9 Å². The van der Waals surface area contributed by atoms with Crippen LogP contribution in [-0.2, 0) is 12.5 Å². The predicted molar refractivity (Wildman–Crippen MR) is 106 cm³/mol. The third-order valence-corrected chi connectivity index (χ3v) is 4.32. The van der Waals surface area contributed by atoms with Gasteiger partial charge in [-0.25, -0.2) is 4.98 Å². The summed E-state index contributed by atoms with van der Waals surface area (Å²) in [5.74, 6) is -3.21. The summed E-state index contributed by atoms with van der Waals surface area (Å²) in [6.07, 6.45) is 1.07. The van der Waals surface area contributed by atoms with Gasteiger partial charge in [-0.2, -0.15) is 14.0 Å². The van der Waals surface area contributed by atoms with E-state index in [1.54, 1.807) is 50.4 Å². The first-order valence-corrected chi connectivity index (χ1v) is 9.01. The van der Waals surface area contributed by atoms with E-state index in [4.69, 9.17) is 14.7 Å². The molecule has 0 bridgehead atoms. The maximum absolute atomic E-state index is 14.1. The molecule has 0 fully saturated rings. The largest absolute Gasteiger partial charge is 0.497 e. The van der Waals surface area contributed by atoms with Crippen molar-refractivity contribution >= 4 is 0 Å². The second-order valence-corrected chi connectivity index (χ2v) is 6.84. The molecule has 154 valence electrons. The van der Waals surface area contributed by atoms with Crippen molar-refractivity contribution in [3.05, 3.63) is 81.5 Å². The van der Waals surface area contributed by atoms with Crippen LogP contribution in [0, 0.1) is 18.3 Å². The summed E-state index contributed by atoms with van der Waals surface area (Å²) in [5.41, 5.74) is 0.216. The number of hydrogen-bond acceptors (Lipinski definition) is 5. The maximum atomic E-state index is 14.1. The van der Waals surface area contributed by atoms with Gasteiger partial charge < -0.3 is 9.47 Å². The highest BCUT2D eigenvalue weighted by Crippen LogP contribution is 2.33. The zero-order valence-electron chi connectivity index (χ0n) is 16.6. The Morgan fingerprint density at radius 2 is 1.87 bits per heavy atom. The van der Waals surface area contributed by atoms with Crippen molar-refractivity contribution in [2.45, 2.75) is 26.3 Å². The molecule has 8 heteroatoms. The zero-order chi connectivity index (χ0) is 21.9. The minimum Gasteiger partial charge on any atom is -0.497 e. The lowest BCUT2D eigenvalue weighted by Crippen LogP contribution is -2.27. The van der Waals surface area contributed by atoms with Gasteiger partial charge in [0, 0.05) is 6.92 Å². The second-order valence-electron chi connectivity index (χ2n) is 6.84. The fraction of sp³-hybridized carbons (Fsp3) is 0.227. The molecule has 3 aromatic rings. The summed E-state index contributed by atoms with van der Waals surface area (Å²) < 4.78 is 40.1. The normalized spacial score (nSPS) is 11.1. The number of halogens is 2. The Kier molecular flexibility index (Phi) is 5.83. The third kappa shape index (κ3) is 4.63. The van der Waals surface area contributed by atoms with Crippen LogP contribution in [0.4, 0.5) is 8.78 Å². The van der Waals surface area contributed by atoms with Crippen molar-refractivity contribution in [2.75, 3.05) is 7.11 Å². The number of benzene rings is 2. The molecule has 0 atom stereocenters. The fourth-order valence-corrected chi connectivity index (χ4v) is 2.90. The Morgan fingerprint density at radius 1 is 1.17 bits per heavy atom. The summed E-state index contributed by atoms with van der Waals surface area (Å²) in [7, 11) is 1.54. The van der Waals surface area contributed by atoms with Crippen LogP contribution in [0.15, 0.2) is 53.6 Å². The first-order valence-electron chi connectivity index (χ1n) is 9.01. The molecule has 0 amide bonds. The fourth-order valence-electron chi connectivity index (χ4n) is 2.90. The molecule has 2 aromatic carbocycles. The molecular formula is C22H19F2N3O3. The van der Waals surface area contributed by atoms with E-state index in [9.17, 15) is 13.6 Å². The van der Waals surface area contributed by atoms with Crippen LogP contribution >= 0.6 is 0 Å². The molecule has 1 aromatic heterocycles. The van der Waals surface area contributed by atoms with E-state index in [-0.39, 0.29) is 17.9 Å². The zero-order valence-corrected chi connectivity index (χ0v) is 16.6. The Labute approximate surface area is 171 Å². The number of alkyl halides is 2. The van der Waals surface area contributed by atoms with Gasteiger partial charge in [0.25, 0.3) is 11.5 Å². The number of aromatic nitrogens is 2. The van der Waals surface area contributed by atoms with Gasteiger partial charge in [-0.1, -0.05) is 12.1 Å². The van der Waals surface area contributed by atoms with Crippen molar-refractivity contribution in [1.29, 1.82) is 5.26 Å². The number of hydrogen-bond donors (Lipinski definition) is 0. The number of ether oxygens (including phenoxy) is 2. The highest BCUT2D eigenvalue weighted by atomic mass is 19.3. The van der Waals surface area contributed by atoms with Crippen LogP contribution in [0.5, 0.6) is 17.2 Å². The van der Waals surface area contributed by atoms with Crippen LogP contribution in [-0.4, -0.2) is 16.7 Å². The van der Waals surface area contributed by atoms with Gasteiger partial charge in [-0.15, -0.1) is 0 Å². The first kappa shape index (κ1) is 21.0. The number of nitriles is 1.